The second-order valence-corrected chi connectivity index (χ2v) is 8.08. The Morgan fingerprint density at radius 3 is 2.53 bits per heavy atom. The van der Waals surface area contributed by atoms with Gasteiger partial charge in [-0.3, -0.25) is 9.59 Å². The fraction of sp³-hybridized carbons (Fsp3) is 0.333. The summed E-state index contributed by atoms with van der Waals surface area (Å²) in [5.74, 6) is -2.30. The largest absolute Gasteiger partial charge is 0.355 e. The van der Waals surface area contributed by atoms with Crippen LogP contribution in [0.2, 0.25) is 0 Å². The van der Waals surface area contributed by atoms with Crippen LogP contribution in [0.3, 0.4) is 0 Å². The number of hydrogen-bond acceptors (Lipinski definition) is 2. The van der Waals surface area contributed by atoms with Gasteiger partial charge in [0.25, 0.3) is 11.8 Å². The first-order valence-corrected chi connectivity index (χ1v) is 10.6. The molecule has 2 N–H and O–H groups in total. The van der Waals surface area contributed by atoms with Crippen LogP contribution in [0.4, 0.5) is 13.2 Å². The molecule has 2 atom stereocenters. The van der Waals surface area contributed by atoms with Gasteiger partial charge in [0.15, 0.2) is 0 Å². The van der Waals surface area contributed by atoms with Crippen molar-refractivity contribution >= 4 is 22.7 Å². The number of aromatic nitrogens is 1. The molecule has 1 aromatic heterocycles. The van der Waals surface area contributed by atoms with Crippen molar-refractivity contribution in [3.05, 3.63) is 70.9 Å². The molecule has 5 nitrogen and oxygen atoms in total. The molecule has 1 heterocycles. The minimum atomic E-state index is -1.12. The van der Waals surface area contributed by atoms with E-state index in [0.29, 0.717) is 23.9 Å². The van der Waals surface area contributed by atoms with Crippen LogP contribution in [0.1, 0.15) is 52.0 Å². The van der Waals surface area contributed by atoms with Gasteiger partial charge in [-0.1, -0.05) is 25.0 Å². The van der Waals surface area contributed by atoms with E-state index in [1.54, 1.807) is 16.7 Å². The van der Waals surface area contributed by atoms with Gasteiger partial charge < -0.3 is 15.2 Å². The quantitative estimate of drug-likeness (QED) is 0.616. The van der Waals surface area contributed by atoms with E-state index in [4.69, 9.17) is 0 Å². The summed E-state index contributed by atoms with van der Waals surface area (Å²) >= 11 is 0. The molecule has 2 aromatic carbocycles. The third kappa shape index (κ3) is 4.22. The van der Waals surface area contributed by atoms with E-state index >= 15 is 0 Å². The number of benzene rings is 2. The van der Waals surface area contributed by atoms with E-state index in [-0.39, 0.29) is 23.1 Å². The van der Waals surface area contributed by atoms with Gasteiger partial charge in [-0.05, 0) is 42.7 Å². The SMILES string of the molecule is CNC(=O)c1ccc(Cn2cc(C(=O)NC3CCCCC3F)c3c(F)cccc32)cc1F. The highest BCUT2D eigenvalue weighted by atomic mass is 19.1. The van der Waals surface area contributed by atoms with Gasteiger partial charge in [0, 0.05) is 25.2 Å². The molecule has 4 rings (SSSR count). The van der Waals surface area contributed by atoms with Crippen molar-refractivity contribution in [2.75, 3.05) is 7.05 Å². The summed E-state index contributed by atoms with van der Waals surface area (Å²) in [7, 11) is 1.42. The summed E-state index contributed by atoms with van der Waals surface area (Å²) in [5.41, 5.74) is 1.04. The molecule has 1 aliphatic carbocycles. The van der Waals surface area contributed by atoms with Gasteiger partial charge in [0.05, 0.1) is 22.7 Å². The maximum absolute atomic E-state index is 14.7. The number of fused-ring (bicyclic) bond motifs is 1. The van der Waals surface area contributed by atoms with E-state index < -0.39 is 35.7 Å². The number of carbonyl (C=O) groups is 2. The lowest BCUT2D eigenvalue weighted by Gasteiger charge is -2.26. The molecule has 3 aromatic rings. The molecule has 0 bridgehead atoms. The average Bonchev–Trinajstić information content (AvgIpc) is 3.15. The van der Waals surface area contributed by atoms with Crippen molar-refractivity contribution in [3.8, 4) is 0 Å². The Morgan fingerprint density at radius 1 is 1.03 bits per heavy atom. The van der Waals surface area contributed by atoms with Crippen LogP contribution in [-0.2, 0) is 6.54 Å². The monoisotopic (exact) mass is 443 g/mol. The summed E-state index contributed by atoms with van der Waals surface area (Å²) in [4.78, 5) is 24.6. The number of halogens is 3. The van der Waals surface area contributed by atoms with Crippen molar-refractivity contribution < 1.29 is 22.8 Å². The highest BCUT2D eigenvalue weighted by molar-refractivity contribution is 6.07. The fourth-order valence-electron chi connectivity index (χ4n) is 4.28. The topological polar surface area (TPSA) is 63.1 Å². The van der Waals surface area contributed by atoms with Crippen LogP contribution in [0.25, 0.3) is 10.9 Å². The van der Waals surface area contributed by atoms with Gasteiger partial charge in [0.2, 0.25) is 0 Å². The van der Waals surface area contributed by atoms with Crippen LogP contribution >= 0.6 is 0 Å². The van der Waals surface area contributed by atoms with Crippen LogP contribution in [-0.4, -0.2) is 35.6 Å². The molecule has 0 saturated heterocycles. The van der Waals surface area contributed by atoms with E-state index in [1.807, 2.05) is 0 Å². The van der Waals surface area contributed by atoms with Crippen molar-refractivity contribution in [3.63, 3.8) is 0 Å². The molecule has 1 aliphatic rings. The highest BCUT2D eigenvalue weighted by Crippen LogP contribution is 2.27. The van der Waals surface area contributed by atoms with Gasteiger partial charge >= 0.3 is 0 Å². The third-order valence-electron chi connectivity index (χ3n) is 5.96. The van der Waals surface area contributed by atoms with Gasteiger partial charge in [-0.2, -0.15) is 0 Å². The first-order chi connectivity index (χ1) is 15.4. The Balaban J connectivity index is 1.66. The van der Waals surface area contributed by atoms with Crippen molar-refractivity contribution in [1.29, 1.82) is 0 Å². The first kappa shape index (κ1) is 21.9. The van der Waals surface area contributed by atoms with E-state index in [1.165, 1.54) is 37.5 Å². The Kier molecular flexibility index (Phi) is 6.21. The zero-order valence-electron chi connectivity index (χ0n) is 17.6. The molecule has 0 radical (unpaired) electrons. The van der Waals surface area contributed by atoms with Gasteiger partial charge in [0.1, 0.15) is 17.8 Å². The van der Waals surface area contributed by atoms with Crippen LogP contribution in [0.15, 0.2) is 42.6 Å². The Bertz CT molecular complexity index is 1170. The fourth-order valence-corrected chi connectivity index (χ4v) is 4.28. The number of amides is 2. The molecule has 8 heteroatoms. The maximum atomic E-state index is 14.7. The standard InChI is InChI=1S/C24H24F3N3O2/c1-28-23(31)15-10-9-14(11-19(15)27)12-30-13-16(22-18(26)6-4-8-21(22)30)24(32)29-20-7-3-2-5-17(20)25/h4,6,8-11,13,17,20H,2-3,5,7,12H2,1H3,(H,28,31)(H,29,32). The lowest BCUT2D eigenvalue weighted by molar-refractivity contribution is 0.0884. The number of carbonyl (C=O) groups excluding carboxylic acids is 2. The first-order valence-electron chi connectivity index (χ1n) is 10.6. The zero-order chi connectivity index (χ0) is 22.8. The molecule has 0 aliphatic heterocycles. The number of hydrogen-bond donors (Lipinski definition) is 2. The molecule has 1 fully saturated rings. The minimum Gasteiger partial charge on any atom is -0.355 e. The van der Waals surface area contributed by atoms with Crippen LogP contribution in [0, 0.1) is 11.6 Å². The number of alkyl halides is 1. The van der Waals surface area contributed by atoms with Crippen LogP contribution < -0.4 is 10.6 Å². The second kappa shape index (κ2) is 9.06. The lowest BCUT2D eigenvalue weighted by atomic mass is 9.93. The second-order valence-electron chi connectivity index (χ2n) is 8.08. The van der Waals surface area contributed by atoms with Crippen molar-refractivity contribution in [2.24, 2.45) is 0 Å². The van der Waals surface area contributed by atoms with E-state index in [9.17, 15) is 22.8 Å². The number of rotatable bonds is 5. The summed E-state index contributed by atoms with van der Waals surface area (Å²) < 4.78 is 44.9. The molecule has 1 saturated carbocycles. The number of nitrogens with zero attached hydrogens (tertiary/aromatic N) is 1. The molecule has 2 unspecified atom stereocenters. The third-order valence-corrected chi connectivity index (χ3v) is 5.96. The van der Waals surface area contributed by atoms with Crippen molar-refractivity contribution in [2.45, 2.75) is 44.4 Å². The number of nitrogens with one attached hydrogen (secondary N) is 2. The molecule has 0 spiro atoms. The predicted octanol–water partition coefficient (Wildman–Crippen LogP) is 4.34. The van der Waals surface area contributed by atoms with Gasteiger partial charge in [-0.25, -0.2) is 13.2 Å². The summed E-state index contributed by atoms with van der Waals surface area (Å²) in [5, 5.41) is 5.23. The summed E-state index contributed by atoms with van der Waals surface area (Å²) in [6.45, 7) is 0.160. The molecular formula is C24H24F3N3O2. The summed E-state index contributed by atoms with van der Waals surface area (Å²) in [6.07, 6.45) is 2.95. The Labute approximate surface area is 183 Å². The normalized spacial score (nSPS) is 18.5. The predicted molar refractivity (Wildman–Crippen MR) is 115 cm³/mol. The Morgan fingerprint density at radius 2 is 1.81 bits per heavy atom. The maximum Gasteiger partial charge on any atom is 0.253 e. The molecular weight excluding hydrogens is 419 g/mol. The lowest BCUT2D eigenvalue weighted by Crippen LogP contribution is -2.43. The molecule has 2 amide bonds. The van der Waals surface area contributed by atoms with E-state index in [0.717, 1.165) is 12.8 Å². The minimum absolute atomic E-state index is 0.0759. The highest BCUT2D eigenvalue weighted by Gasteiger charge is 2.28. The van der Waals surface area contributed by atoms with E-state index in [2.05, 4.69) is 10.6 Å². The smallest absolute Gasteiger partial charge is 0.253 e. The van der Waals surface area contributed by atoms with Crippen molar-refractivity contribution in [1.82, 2.24) is 15.2 Å². The van der Waals surface area contributed by atoms with Crippen LogP contribution in [0.5, 0.6) is 0 Å². The van der Waals surface area contributed by atoms with Gasteiger partial charge in [-0.15, -0.1) is 0 Å². The Hall–Kier alpha value is -3.29. The zero-order valence-corrected chi connectivity index (χ0v) is 17.6. The average molecular weight is 443 g/mol. The molecule has 32 heavy (non-hydrogen) atoms. The molecule has 168 valence electrons. The summed E-state index contributed by atoms with van der Waals surface area (Å²) in [6, 6.07) is 8.10.